The predicted molar refractivity (Wildman–Crippen MR) is 71.6 cm³/mol. The number of unbranched alkanes of at least 4 members (excludes halogenated alkanes) is 1. The van der Waals surface area contributed by atoms with Crippen LogP contribution in [0.2, 0.25) is 0 Å². The summed E-state index contributed by atoms with van der Waals surface area (Å²) >= 11 is 0. The van der Waals surface area contributed by atoms with Gasteiger partial charge in [0, 0.05) is 6.54 Å². The zero-order valence-corrected chi connectivity index (χ0v) is 10.8. The molecule has 5 heteroatoms. The van der Waals surface area contributed by atoms with Gasteiger partial charge in [-0.25, -0.2) is 9.48 Å². The Balaban J connectivity index is 2.23. The Morgan fingerprint density at radius 2 is 2.00 bits per heavy atom. The fourth-order valence-corrected chi connectivity index (χ4v) is 1.74. The molecule has 2 rings (SSSR count). The number of hydrogen-bond acceptors (Lipinski definition) is 3. The zero-order valence-electron chi connectivity index (χ0n) is 10.8. The number of anilines is 1. The van der Waals surface area contributed by atoms with E-state index in [0.29, 0.717) is 12.4 Å². The van der Waals surface area contributed by atoms with E-state index in [2.05, 4.69) is 17.4 Å². The topological polar surface area (TPSA) is 51.9 Å². The second kappa shape index (κ2) is 5.53. The average molecular weight is 246 g/mol. The highest BCUT2D eigenvalue weighted by molar-refractivity contribution is 5.42. The SMILES string of the molecule is CCCCn1nc(C)n(Nc2ccccc2)c1=O. The lowest BCUT2D eigenvalue weighted by Crippen LogP contribution is -2.29. The number of nitrogens with one attached hydrogen (secondary N) is 1. The maximum atomic E-state index is 12.1. The maximum absolute atomic E-state index is 12.1. The van der Waals surface area contributed by atoms with E-state index in [1.54, 1.807) is 0 Å². The number of hydrogen-bond donors (Lipinski definition) is 1. The summed E-state index contributed by atoms with van der Waals surface area (Å²) in [5.41, 5.74) is 3.81. The standard InChI is InChI=1S/C13H18N4O/c1-3-4-10-16-13(18)17(11(2)14-16)15-12-8-6-5-7-9-12/h5-9,15H,3-4,10H2,1-2H3. The summed E-state index contributed by atoms with van der Waals surface area (Å²) < 4.78 is 2.99. The van der Waals surface area contributed by atoms with Crippen LogP contribution in [-0.4, -0.2) is 14.5 Å². The Bertz CT molecular complexity index is 556. The highest BCUT2D eigenvalue weighted by Crippen LogP contribution is 2.05. The minimum absolute atomic E-state index is 0.121. The minimum Gasteiger partial charge on any atom is -0.289 e. The second-order valence-electron chi connectivity index (χ2n) is 4.22. The van der Waals surface area contributed by atoms with Gasteiger partial charge in [-0.05, 0) is 25.5 Å². The molecule has 0 bridgehead atoms. The number of benzene rings is 1. The van der Waals surface area contributed by atoms with E-state index >= 15 is 0 Å². The van der Waals surface area contributed by atoms with Crippen LogP contribution in [0.1, 0.15) is 25.6 Å². The number of aromatic nitrogens is 3. The molecule has 1 N–H and O–H groups in total. The maximum Gasteiger partial charge on any atom is 0.365 e. The van der Waals surface area contributed by atoms with Crippen LogP contribution in [0.4, 0.5) is 5.69 Å². The van der Waals surface area contributed by atoms with Crippen molar-refractivity contribution in [1.82, 2.24) is 14.5 Å². The fraction of sp³-hybridized carbons (Fsp3) is 0.385. The molecule has 0 radical (unpaired) electrons. The lowest BCUT2D eigenvalue weighted by atomic mass is 10.3. The lowest BCUT2D eigenvalue weighted by molar-refractivity contribution is 0.548. The quantitative estimate of drug-likeness (QED) is 0.878. The molecular weight excluding hydrogens is 228 g/mol. The molecule has 1 aromatic heterocycles. The van der Waals surface area contributed by atoms with Gasteiger partial charge in [-0.1, -0.05) is 31.5 Å². The first kappa shape index (κ1) is 12.4. The molecule has 0 unspecified atom stereocenters. The van der Waals surface area contributed by atoms with Crippen LogP contribution in [0, 0.1) is 6.92 Å². The Kier molecular flexibility index (Phi) is 3.82. The van der Waals surface area contributed by atoms with Gasteiger partial charge in [0.05, 0.1) is 5.69 Å². The van der Waals surface area contributed by atoms with Crippen molar-refractivity contribution in [3.8, 4) is 0 Å². The molecule has 0 amide bonds. The van der Waals surface area contributed by atoms with Gasteiger partial charge in [0.15, 0.2) is 5.82 Å². The number of rotatable bonds is 5. The molecule has 5 nitrogen and oxygen atoms in total. The minimum atomic E-state index is -0.121. The normalized spacial score (nSPS) is 10.6. The molecule has 0 saturated carbocycles. The first-order valence-corrected chi connectivity index (χ1v) is 6.21. The summed E-state index contributed by atoms with van der Waals surface area (Å²) in [4.78, 5) is 12.1. The van der Waals surface area contributed by atoms with E-state index in [0.717, 1.165) is 18.5 Å². The summed E-state index contributed by atoms with van der Waals surface area (Å²) in [6.07, 6.45) is 2.01. The number of nitrogens with zero attached hydrogens (tertiary/aromatic N) is 3. The van der Waals surface area contributed by atoms with E-state index in [1.807, 2.05) is 37.3 Å². The third-order valence-electron chi connectivity index (χ3n) is 2.74. The first-order chi connectivity index (χ1) is 8.72. The van der Waals surface area contributed by atoms with Crippen molar-refractivity contribution in [1.29, 1.82) is 0 Å². The Morgan fingerprint density at radius 3 is 2.67 bits per heavy atom. The summed E-state index contributed by atoms with van der Waals surface area (Å²) in [6.45, 7) is 4.58. The fourth-order valence-electron chi connectivity index (χ4n) is 1.74. The summed E-state index contributed by atoms with van der Waals surface area (Å²) in [7, 11) is 0. The molecule has 0 fully saturated rings. The molecule has 0 aliphatic heterocycles. The summed E-state index contributed by atoms with van der Waals surface area (Å²) in [5, 5.41) is 4.25. The summed E-state index contributed by atoms with van der Waals surface area (Å²) in [5.74, 6) is 0.667. The predicted octanol–water partition coefficient (Wildman–Crippen LogP) is 2.03. The van der Waals surface area contributed by atoms with E-state index in [-0.39, 0.29) is 5.69 Å². The monoisotopic (exact) mass is 246 g/mol. The van der Waals surface area contributed by atoms with Crippen LogP contribution < -0.4 is 11.1 Å². The molecule has 96 valence electrons. The Hall–Kier alpha value is -2.04. The van der Waals surface area contributed by atoms with Gasteiger partial charge in [-0.2, -0.15) is 9.77 Å². The van der Waals surface area contributed by atoms with Crippen LogP contribution in [0.3, 0.4) is 0 Å². The molecule has 0 aliphatic carbocycles. The molecule has 2 aromatic rings. The molecule has 0 aliphatic rings. The molecule has 1 aromatic carbocycles. The van der Waals surface area contributed by atoms with Crippen LogP contribution in [0.5, 0.6) is 0 Å². The van der Waals surface area contributed by atoms with Crippen molar-refractivity contribution in [2.24, 2.45) is 0 Å². The number of para-hydroxylation sites is 1. The molecular formula is C13H18N4O. The van der Waals surface area contributed by atoms with Gasteiger partial charge in [0.1, 0.15) is 0 Å². The first-order valence-electron chi connectivity index (χ1n) is 6.21. The molecule has 1 heterocycles. The van der Waals surface area contributed by atoms with Gasteiger partial charge in [0.2, 0.25) is 0 Å². The van der Waals surface area contributed by atoms with E-state index in [4.69, 9.17) is 0 Å². The summed E-state index contributed by atoms with van der Waals surface area (Å²) in [6, 6.07) is 9.60. The second-order valence-corrected chi connectivity index (χ2v) is 4.22. The highest BCUT2D eigenvalue weighted by Gasteiger charge is 2.09. The molecule has 18 heavy (non-hydrogen) atoms. The van der Waals surface area contributed by atoms with Crippen molar-refractivity contribution >= 4 is 5.69 Å². The van der Waals surface area contributed by atoms with E-state index in [1.165, 1.54) is 9.36 Å². The van der Waals surface area contributed by atoms with Gasteiger partial charge >= 0.3 is 5.69 Å². The lowest BCUT2D eigenvalue weighted by Gasteiger charge is -2.06. The van der Waals surface area contributed by atoms with Gasteiger partial charge in [-0.3, -0.25) is 5.43 Å². The largest absolute Gasteiger partial charge is 0.365 e. The highest BCUT2D eigenvalue weighted by atomic mass is 16.2. The number of aryl methyl sites for hydroxylation is 2. The van der Waals surface area contributed by atoms with Gasteiger partial charge in [0.25, 0.3) is 0 Å². The van der Waals surface area contributed by atoms with Crippen molar-refractivity contribution in [2.45, 2.75) is 33.2 Å². The van der Waals surface area contributed by atoms with Crippen LogP contribution in [0.15, 0.2) is 35.1 Å². The average Bonchev–Trinajstić information content (AvgIpc) is 2.65. The van der Waals surface area contributed by atoms with Gasteiger partial charge < -0.3 is 0 Å². The zero-order chi connectivity index (χ0) is 13.0. The van der Waals surface area contributed by atoms with E-state index < -0.39 is 0 Å². The van der Waals surface area contributed by atoms with Crippen molar-refractivity contribution in [3.63, 3.8) is 0 Å². The third kappa shape index (κ3) is 2.61. The Morgan fingerprint density at radius 1 is 1.28 bits per heavy atom. The van der Waals surface area contributed by atoms with Crippen molar-refractivity contribution in [3.05, 3.63) is 46.6 Å². The smallest absolute Gasteiger partial charge is 0.289 e. The van der Waals surface area contributed by atoms with Crippen molar-refractivity contribution in [2.75, 3.05) is 5.43 Å². The molecule has 0 atom stereocenters. The molecule has 0 saturated heterocycles. The van der Waals surface area contributed by atoms with Crippen molar-refractivity contribution < 1.29 is 0 Å². The Labute approximate surface area is 106 Å². The van der Waals surface area contributed by atoms with Crippen LogP contribution >= 0.6 is 0 Å². The molecule has 0 spiro atoms. The van der Waals surface area contributed by atoms with Crippen LogP contribution in [-0.2, 0) is 6.54 Å². The van der Waals surface area contributed by atoms with E-state index in [9.17, 15) is 4.79 Å². The third-order valence-corrected chi connectivity index (χ3v) is 2.74. The van der Waals surface area contributed by atoms with Crippen LogP contribution in [0.25, 0.3) is 0 Å². The van der Waals surface area contributed by atoms with Gasteiger partial charge in [-0.15, -0.1) is 0 Å².